The Balaban J connectivity index is 1.67. The molecule has 160 valence electrons. The van der Waals surface area contributed by atoms with Gasteiger partial charge in [-0.3, -0.25) is 0 Å². The monoisotopic (exact) mass is 405 g/mol. The van der Waals surface area contributed by atoms with E-state index in [2.05, 4.69) is 5.32 Å². The van der Waals surface area contributed by atoms with Crippen LogP contribution in [0.15, 0.2) is 28.9 Å². The van der Waals surface area contributed by atoms with Gasteiger partial charge < -0.3 is 29.1 Å². The Morgan fingerprint density at radius 3 is 2.59 bits per heavy atom. The second-order valence-electron chi connectivity index (χ2n) is 9.18. The Labute approximate surface area is 171 Å². The highest BCUT2D eigenvalue weighted by molar-refractivity contribution is 5.82. The third-order valence-corrected chi connectivity index (χ3v) is 4.90. The number of phenols is 1. The molecule has 0 aliphatic carbocycles. The molecule has 0 bridgehead atoms. The van der Waals surface area contributed by atoms with Crippen LogP contribution in [0.2, 0.25) is 0 Å². The molecule has 2 aromatic rings. The molecule has 3 rings (SSSR count). The number of hydrogen-bond acceptors (Lipinski definition) is 6. The van der Waals surface area contributed by atoms with Crippen LogP contribution in [-0.2, 0) is 20.6 Å². The van der Waals surface area contributed by atoms with Gasteiger partial charge in [-0.25, -0.2) is 4.79 Å². The van der Waals surface area contributed by atoms with Crippen LogP contribution in [0.1, 0.15) is 53.0 Å². The van der Waals surface area contributed by atoms with Gasteiger partial charge in [-0.2, -0.15) is 0 Å². The minimum Gasteiger partial charge on any atom is -0.508 e. The molecule has 0 unspecified atom stereocenters. The van der Waals surface area contributed by atoms with Gasteiger partial charge in [0.25, 0.3) is 0 Å². The molecule has 1 aliphatic rings. The summed E-state index contributed by atoms with van der Waals surface area (Å²) in [6, 6.07) is 5.11. The van der Waals surface area contributed by atoms with E-state index in [0.717, 1.165) is 23.8 Å². The highest BCUT2D eigenvalue weighted by Gasteiger charge is 2.41. The molecule has 0 radical (unpaired) electrons. The van der Waals surface area contributed by atoms with Crippen molar-refractivity contribution in [1.29, 1.82) is 0 Å². The Morgan fingerprint density at radius 1 is 1.24 bits per heavy atom. The number of carbonyl (C=O) groups excluding carboxylic acids is 1. The fourth-order valence-corrected chi connectivity index (χ4v) is 3.39. The molecule has 2 N–H and O–H groups in total. The number of amides is 1. The van der Waals surface area contributed by atoms with Crippen molar-refractivity contribution in [3.8, 4) is 5.75 Å². The zero-order valence-electron chi connectivity index (χ0n) is 17.8. The number of alkyl carbamates (subject to hydrolysis) is 1. The minimum atomic E-state index is -0.679. The zero-order chi connectivity index (χ0) is 21.3. The predicted molar refractivity (Wildman–Crippen MR) is 109 cm³/mol. The third kappa shape index (κ3) is 5.64. The van der Waals surface area contributed by atoms with Gasteiger partial charge in [0.1, 0.15) is 16.9 Å². The first-order valence-electron chi connectivity index (χ1n) is 9.95. The van der Waals surface area contributed by atoms with E-state index in [-0.39, 0.29) is 5.75 Å². The molecule has 1 amide bonds. The van der Waals surface area contributed by atoms with Gasteiger partial charge in [-0.1, -0.05) is 0 Å². The maximum absolute atomic E-state index is 12.4. The first-order valence-corrected chi connectivity index (χ1v) is 9.95. The van der Waals surface area contributed by atoms with Crippen LogP contribution < -0.4 is 5.32 Å². The van der Waals surface area contributed by atoms with E-state index in [1.165, 1.54) is 0 Å². The maximum Gasteiger partial charge on any atom is 0.408 e. The van der Waals surface area contributed by atoms with Crippen molar-refractivity contribution in [2.24, 2.45) is 0 Å². The second-order valence-corrected chi connectivity index (χ2v) is 9.18. The van der Waals surface area contributed by atoms with Crippen LogP contribution in [0.25, 0.3) is 11.0 Å². The van der Waals surface area contributed by atoms with Crippen LogP contribution in [0, 0.1) is 0 Å². The van der Waals surface area contributed by atoms with Gasteiger partial charge in [0.2, 0.25) is 0 Å². The van der Waals surface area contributed by atoms with E-state index >= 15 is 0 Å². The summed E-state index contributed by atoms with van der Waals surface area (Å²) in [6.45, 7) is 9.90. The summed E-state index contributed by atoms with van der Waals surface area (Å²) in [5.74, 6) is -0.500. The van der Waals surface area contributed by atoms with E-state index in [9.17, 15) is 9.90 Å². The number of aromatic hydroxyl groups is 1. The second kappa shape index (κ2) is 7.88. The average Bonchev–Trinajstić information content (AvgIpc) is 2.98. The van der Waals surface area contributed by atoms with Crippen molar-refractivity contribution in [2.75, 3.05) is 13.2 Å². The lowest BCUT2D eigenvalue weighted by Crippen LogP contribution is -2.61. The van der Waals surface area contributed by atoms with E-state index in [4.69, 9.17) is 18.6 Å². The lowest BCUT2D eigenvalue weighted by molar-refractivity contribution is -0.271. The highest BCUT2D eigenvalue weighted by Crippen LogP contribution is 2.30. The number of rotatable bonds is 5. The predicted octanol–water partition coefficient (Wildman–Crippen LogP) is 4.51. The van der Waals surface area contributed by atoms with Crippen molar-refractivity contribution in [3.05, 3.63) is 30.0 Å². The van der Waals surface area contributed by atoms with E-state index in [0.29, 0.717) is 25.2 Å². The molecule has 7 heteroatoms. The molecule has 1 aromatic heterocycles. The number of benzene rings is 1. The number of aryl methyl sites for hydroxylation is 1. The first kappa shape index (κ1) is 21.5. The van der Waals surface area contributed by atoms with Crippen molar-refractivity contribution in [1.82, 2.24) is 5.32 Å². The highest BCUT2D eigenvalue weighted by atomic mass is 16.7. The SMILES string of the molecule is CC(C)(C)OC(=O)NC1(CCCc2coc3cc(O)ccc23)COC(C)(C)OC1. The largest absolute Gasteiger partial charge is 0.508 e. The van der Waals surface area contributed by atoms with Crippen LogP contribution in [0.3, 0.4) is 0 Å². The van der Waals surface area contributed by atoms with Crippen molar-refractivity contribution in [2.45, 2.75) is 70.8 Å². The van der Waals surface area contributed by atoms with E-state index < -0.39 is 23.0 Å². The maximum atomic E-state index is 12.4. The molecule has 7 nitrogen and oxygen atoms in total. The number of phenolic OH excluding ortho intramolecular Hbond substituents is 1. The van der Waals surface area contributed by atoms with Crippen LogP contribution in [0.4, 0.5) is 4.79 Å². The fraction of sp³-hybridized carbons (Fsp3) is 0.591. The number of hydrogen-bond donors (Lipinski definition) is 2. The van der Waals surface area contributed by atoms with Crippen molar-refractivity contribution < 1.29 is 28.5 Å². The smallest absolute Gasteiger partial charge is 0.408 e. The summed E-state index contributed by atoms with van der Waals surface area (Å²) in [5.41, 5.74) is 0.482. The number of fused-ring (bicyclic) bond motifs is 1. The molecule has 1 aliphatic heterocycles. The summed E-state index contributed by atoms with van der Waals surface area (Å²) in [5, 5.41) is 13.6. The van der Waals surface area contributed by atoms with Crippen LogP contribution in [-0.4, -0.2) is 41.3 Å². The topological polar surface area (TPSA) is 90.2 Å². The Hall–Kier alpha value is -2.25. The summed E-state index contributed by atoms with van der Waals surface area (Å²) in [4.78, 5) is 12.4. The normalized spacial score (nSPS) is 18.5. The molecule has 0 spiro atoms. The molecular weight excluding hydrogens is 374 g/mol. The van der Waals surface area contributed by atoms with Crippen LogP contribution >= 0.6 is 0 Å². The Kier molecular flexibility index (Phi) is 5.83. The summed E-state index contributed by atoms with van der Waals surface area (Å²) in [6.07, 6.45) is 3.45. The van der Waals surface area contributed by atoms with E-state index in [1.807, 2.05) is 40.7 Å². The minimum absolute atomic E-state index is 0.179. The molecular formula is C22H31NO6. The summed E-state index contributed by atoms with van der Waals surface area (Å²) in [7, 11) is 0. The molecule has 1 aromatic carbocycles. The number of carbonyl (C=O) groups is 1. The number of nitrogens with one attached hydrogen (secondary N) is 1. The molecule has 0 saturated carbocycles. The average molecular weight is 405 g/mol. The zero-order valence-corrected chi connectivity index (χ0v) is 17.8. The Morgan fingerprint density at radius 2 is 1.93 bits per heavy atom. The third-order valence-electron chi connectivity index (χ3n) is 4.90. The lowest BCUT2D eigenvalue weighted by atomic mass is 9.91. The Bertz CT molecular complexity index is 854. The quantitative estimate of drug-likeness (QED) is 0.761. The lowest BCUT2D eigenvalue weighted by Gasteiger charge is -2.44. The van der Waals surface area contributed by atoms with E-state index in [1.54, 1.807) is 18.4 Å². The van der Waals surface area contributed by atoms with Crippen LogP contribution in [0.5, 0.6) is 5.75 Å². The first-order chi connectivity index (χ1) is 13.5. The van der Waals surface area contributed by atoms with Crippen molar-refractivity contribution in [3.63, 3.8) is 0 Å². The van der Waals surface area contributed by atoms with Gasteiger partial charge in [-0.15, -0.1) is 0 Å². The van der Waals surface area contributed by atoms with Crippen molar-refractivity contribution >= 4 is 17.1 Å². The van der Waals surface area contributed by atoms with Gasteiger partial charge in [0.05, 0.1) is 25.0 Å². The summed E-state index contributed by atoms with van der Waals surface area (Å²) < 4.78 is 22.7. The standard InChI is InChI=1S/C22H31NO6/c1-20(2,3)29-19(25)23-22(13-27-21(4,5)28-14-22)10-6-7-15-12-26-18-11-16(24)8-9-17(15)18/h8-9,11-12,24H,6-7,10,13-14H2,1-5H3,(H,23,25). The van der Waals surface area contributed by atoms with Gasteiger partial charge in [0.15, 0.2) is 5.79 Å². The fourth-order valence-electron chi connectivity index (χ4n) is 3.39. The van der Waals surface area contributed by atoms with Gasteiger partial charge >= 0.3 is 6.09 Å². The number of ether oxygens (including phenoxy) is 3. The molecule has 29 heavy (non-hydrogen) atoms. The molecule has 1 saturated heterocycles. The molecule has 2 heterocycles. The summed E-state index contributed by atoms with van der Waals surface area (Å²) >= 11 is 0. The van der Waals surface area contributed by atoms with Gasteiger partial charge in [0, 0.05) is 11.5 Å². The number of furan rings is 1. The molecule has 1 fully saturated rings. The van der Waals surface area contributed by atoms with Gasteiger partial charge in [-0.05, 0) is 71.6 Å². The molecule has 0 atom stereocenters.